The number of aromatic nitrogens is 3. The molecule has 0 spiro atoms. The van der Waals surface area contributed by atoms with Gasteiger partial charge in [-0.05, 0) is 55.0 Å². The highest BCUT2D eigenvalue weighted by Gasteiger charge is 2.21. The number of ketones is 1. The molecule has 0 fully saturated rings. The first-order chi connectivity index (χ1) is 18.5. The predicted molar refractivity (Wildman–Crippen MR) is 146 cm³/mol. The molecule has 0 unspecified atom stereocenters. The van der Waals surface area contributed by atoms with E-state index in [2.05, 4.69) is 14.8 Å². The number of ether oxygens (including phenoxy) is 2. The molecule has 0 aliphatic carbocycles. The van der Waals surface area contributed by atoms with Crippen LogP contribution in [-0.2, 0) is 10.0 Å². The number of aromatic amines is 1. The normalized spacial score (nSPS) is 11.5. The van der Waals surface area contributed by atoms with Gasteiger partial charge >= 0.3 is 0 Å². The van der Waals surface area contributed by atoms with Gasteiger partial charge in [-0.1, -0.05) is 12.1 Å². The number of carbonyl (C=O) groups is 1. The van der Waals surface area contributed by atoms with Crippen molar-refractivity contribution >= 4 is 38.2 Å². The first-order valence-electron chi connectivity index (χ1n) is 11.6. The second kappa shape index (κ2) is 9.80. The van der Waals surface area contributed by atoms with Crippen LogP contribution >= 0.6 is 0 Å². The Labute approximate surface area is 223 Å². The zero-order valence-electron chi connectivity index (χ0n) is 21.2. The number of benzene rings is 3. The van der Waals surface area contributed by atoms with E-state index in [1.54, 1.807) is 48.5 Å². The number of H-pyrrole nitrogens is 1. The second-order valence-corrected chi connectivity index (χ2v) is 10.6. The largest absolute Gasteiger partial charge is 0.494 e. The highest BCUT2D eigenvalue weighted by Crippen LogP contribution is 2.33. The average molecular weight is 550 g/mol. The molecular weight excluding hydrogens is 525 g/mol. The van der Waals surface area contributed by atoms with Crippen molar-refractivity contribution in [2.75, 3.05) is 23.8 Å². The lowest BCUT2D eigenvalue weighted by Crippen LogP contribution is -2.10. The summed E-state index contributed by atoms with van der Waals surface area (Å²) in [6.45, 7) is 1.82. The van der Waals surface area contributed by atoms with Crippen molar-refractivity contribution in [2.45, 2.75) is 6.92 Å². The fourth-order valence-electron chi connectivity index (χ4n) is 4.19. The molecule has 5 aromatic rings. The van der Waals surface area contributed by atoms with Crippen molar-refractivity contribution in [3.63, 3.8) is 0 Å². The summed E-state index contributed by atoms with van der Waals surface area (Å²) in [5.74, 6) is 0.0779. The maximum Gasteiger partial charge on any atom is 0.229 e. The summed E-state index contributed by atoms with van der Waals surface area (Å²) in [5, 5.41) is 4.91. The van der Waals surface area contributed by atoms with Crippen LogP contribution in [0.4, 0.5) is 15.9 Å². The highest BCUT2D eigenvalue weighted by molar-refractivity contribution is 7.92. The number of aryl methyl sites for hydroxylation is 1. The Morgan fingerprint density at radius 1 is 1.10 bits per heavy atom. The summed E-state index contributed by atoms with van der Waals surface area (Å²) in [6.07, 6.45) is 2.41. The summed E-state index contributed by atoms with van der Waals surface area (Å²) in [6, 6.07) is 16.0. The number of nitrogens with zero attached hydrogens (tertiary/aromatic N) is 2. The van der Waals surface area contributed by atoms with Crippen LogP contribution < -0.4 is 19.9 Å². The second-order valence-electron chi connectivity index (χ2n) is 8.86. The van der Waals surface area contributed by atoms with Crippen LogP contribution in [0, 0.1) is 12.7 Å². The van der Waals surface area contributed by atoms with Gasteiger partial charge < -0.3 is 20.2 Å². The number of nitrogens with two attached hydrogens (primary N) is 1. The number of methoxy groups -OCH3 is 1. The molecule has 4 N–H and O–H groups in total. The molecule has 0 bridgehead atoms. The molecule has 0 saturated heterocycles. The Hall–Kier alpha value is -4.84. The Kier molecular flexibility index (Phi) is 6.48. The third-order valence-electron chi connectivity index (χ3n) is 5.99. The average Bonchev–Trinajstić information content (AvgIpc) is 3.47. The number of carbonyl (C=O) groups excluding carboxylic acids is 1. The Morgan fingerprint density at radius 2 is 1.87 bits per heavy atom. The fourth-order valence-corrected chi connectivity index (χ4v) is 4.74. The molecule has 3 aromatic carbocycles. The van der Waals surface area contributed by atoms with Crippen molar-refractivity contribution in [1.29, 1.82) is 0 Å². The number of hydrogen-bond acceptors (Lipinski definition) is 7. The summed E-state index contributed by atoms with van der Waals surface area (Å²) in [5.41, 5.74) is 8.93. The lowest BCUT2D eigenvalue weighted by Gasteiger charge is -2.12. The molecule has 2 aromatic heterocycles. The van der Waals surface area contributed by atoms with Gasteiger partial charge in [-0.15, -0.1) is 0 Å². The fraction of sp³-hybridized carbons (Fsp3) is 0.111. The molecule has 39 heavy (non-hydrogen) atoms. The summed E-state index contributed by atoms with van der Waals surface area (Å²) in [7, 11) is -2.13. The molecule has 5 rings (SSSR count). The maximum atomic E-state index is 14.0. The van der Waals surface area contributed by atoms with Crippen molar-refractivity contribution in [2.24, 2.45) is 0 Å². The number of hydrogen-bond donors (Lipinski definition) is 3. The van der Waals surface area contributed by atoms with Crippen LogP contribution in [0.2, 0.25) is 0 Å². The van der Waals surface area contributed by atoms with Crippen LogP contribution in [0.1, 0.15) is 21.6 Å². The van der Waals surface area contributed by atoms with E-state index in [0.717, 1.165) is 11.8 Å². The first-order valence-corrected chi connectivity index (χ1v) is 13.5. The number of nitrogens with one attached hydrogen (secondary N) is 2. The Morgan fingerprint density at radius 3 is 2.56 bits per heavy atom. The molecule has 2 heterocycles. The maximum absolute atomic E-state index is 14.0. The molecule has 0 atom stereocenters. The van der Waals surface area contributed by atoms with Gasteiger partial charge in [0.05, 0.1) is 42.2 Å². The van der Waals surface area contributed by atoms with Crippen LogP contribution in [0.5, 0.6) is 17.2 Å². The van der Waals surface area contributed by atoms with Crippen molar-refractivity contribution in [3.05, 3.63) is 89.5 Å². The van der Waals surface area contributed by atoms with Crippen LogP contribution in [0.15, 0.2) is 66.9 Å². The van der Waals surface area contributed by atoms with Gasteiger partial charge in [0.2, 0.25) is 15.8 Å². The molecule has 0 radical (unpaired) electrons. The molecule has 0 amide bonds. The number of anilines is 2. The Bertz CT molecular complexity index is 1840. The molecule has 0 aliphatic rings. The van der Waals surface area contributed by atoms with Crippen LogP contribution in [0.3, 0.4) is 0 Å². The molecule has 12 heteroatoms. The molecule has 0 aliphatic heterocycles. The number of sulfonamides is 1. The molecular formula is C27H24FN5O5S. The smallest absolute Gasteiger partial charge is 0.229 e. The third kappa shape index (κ3) is 5.14. The number of rotatable bonds is 8. The standard InChI is InChI=1S/C27H24FN5O5S/c1-15-10-17(38-24-7-5-4-6-19(24)28)8-9-23(15)33-27(29)18(14-30-33)26(34)22-12-16-11-21(32-39(3,35)36)25(37-2)13-20(16)31-22/h4-14,31-32H,29H2,1-3H3. The highest BCUT2D eigenvalue weighted by atomic mass is 32.2. The van der Waals surface area contributed by atoms with E-state index in [-0.39, 0.29) is 28.5 Å². The minimum Gasteiger partial charge on any atom is -0.494 e. The minimum atomic E-state index is -3.54. The van der Waals surface area contributed by atoms with Crippen molar-refractivity contribution < 1.29 is 27.1 Å². The quantitative estimate of drug-likeness (QED) is 0.236. The van der Waals surface area contributed by atoms with Gasteiger partial charge in [-0.25, -0.2) is 17.5 Å². The summed E-state index contributed by atoms with van der Waals surface area (Å²) in [4.78, 5) is 16.4. The molecule has 10 nitrogen and oxygen atoms in total. The number of nitrogen functional groups attached to an aromatic ring is 1. The monoisotopic (exact) mass is 549 g/mol. The van der Waals surface area contributed by atoms with E-state index in [9.17, 15) is 17.6 Å². The lowest BCUT2D eigenvalue weighted by atomic mass is 10.1. The molecule has 200 valence electrons. The number of fused-ring (bicyclic) bond motifs is 1. The van der Waals surface area contributed by atoms with E-state index in [1.165, 1.54) is 30.1 Å². The Balaban J connectivity index is 1.44. The molecule has 0 saturated carbocycles. The van der Waals surface area contributed by atoms with E-state index in [1.807, 2.05) is 6.92 Å². The first kappa shape index (κ1) is 25.8. The van der Waals surface area contributed by atoms with Gasteiger partial charge in [0.1, 0.15) is 17.3 Å². The van der Waals surface area contributed by atoms with Crippen molar-refractivity contribution in [3.8, 4) is 22.9 Å². The van der Waals surface area contributed by atoms with Crippen molar-refractivity contribution in [1.82, 2.24) is 14.8 Å². The predicted octanol–water partition coefficient (Wildman–Crippen LogP) is 4.79. The topological polar surface area (TPSA) is 141 Å². The van der Waals surface area contributed by atoms with Gasteiger partial charge in [0.25, 0.3) is 0 Å². The van der Waals surface area contributed by atoms with E-state index in [0.29, 0.717) is 28.1 Å². The SMILES string of the molecule is COc1cc2[nH]c(C(=O)c3cnn(-c4ccc(Oc5ccccc5F)cc4C)c3N)cc2cc1NS(C)(=O)=O. The van der Waals surface area contributed by atoms with Gasteiger partial charge in [-0.2, -0.15) is 5.10 Å². The van der Waals surface area contributed by atoms with Gasteiger partial charge in [0, 0.05) is 17.0 Å². The zero-order chi connectivity index (χ0) is 27.9. The van der Waals surface area contributed by atoms with E-state index in [4.69, 9.17) is 15.2 Å². The van der Waals surface area contributed by atoms with Gasteiger partial charge in [-0.3, -0.25) is 9.52 Å². The van der Waals surface area contributed by atoms with Crippen LogP contribution in [0.25, 0.3) is 16.6 Å². The minimum absolute atomic E-state index is 0.103. The number of halogens is 1. The van der Waals surface area contributed by atoms with Crippen LogP contribution in [-0.4, -0.2) is 42.3 Å². The summed E-state index contributed by atoms with van der Waals surface area (Å²) < 4.78 is 52.2. The van der Waals surface area contributed by atoms with E-state index >= 15 is 0 Å². The lowest BCUT2D eigenvalue weighted by molar-refractivity contribution is 0.103. The zero-order valence-corrected chi connectivity index (χ0v) is 22.0. The number of para-hydroxylation sites is 1. The van der Waals surface area contributed by atoms with Gasteiger partial charge in [0.15, 0.2) is 11.6 Å². The van der Waals surface area contributed by atoms with E-state index < -0.39 is 21.6 Å². The third-order valence-corrected chi connectivity index (χ3v) is 6.58. The summed E-state index contributed by atoms with van der Waals surface area (Å²) >= 11 is 0.